The number of hydrazone groups is 1. The van der Waals surface area contributed by atoms with Gasteiger partial charge in [0.05, 0.1) is 11.3 Å². The molecule has 0 aliphatic rings. The van der Waals surface area contributed by atoms with Crippen LogP contribution >= 0.6 is 0 Å². The number of halogens is 1. The zero-order valence-corrected chi connectivity index (χ0v) is 14.6. The summed E-state index contributed by atoms with van der Waals surface area (Å²) < 4.78 is 18.9. The maximum atomic E-state index is 13.1. The number of ether oxygens (including phenoxy) is 1. The van der Waals surface area contributed by atoms with E-state index in [4.69, 9.17) is 22.0 Å². The van der Waals surface area contributed by atoms with Crippen LogP contribution in [0.15, 0.2) is 65.8 Å². The van der Waals surface area contributed by atoms with Crippen LogP contribution in [0.5, 0.6) is 11.5 Å². The highest BCUT2D eigenvalue weighted by Crippen LogP contribution is 2.29. The van der Waals surface area contributed by atoms with Gasteiger partial charge >= 0.3 is 0 Å². The fourth-order valence-corrected chi connectivity index (χ4v) is 2.47. The van der Waals surface area contributed by atoms with Crippen molar-refractivity contribution >= 4 is 11.7 Å². The molecule has 7 N–H and O–H groups in total. The van der Waals surface area contributed by atoms with E-state index in [-0.39, 0.29) is 17.3 Å². The number of hydrogen-bond donors (Lipinski definition) is 4. The summed E-state index contributed by atoms with van der Waals surface area (Å²) in [6, 6.07) is 15.5. The van der Waals surface area contributed by atoms with Gasteiger partial charge in [0.15, 0.2) is 5.84 Å². The monoisotopic (exact) mass is 380 g/mol. The van der Waals surface area contributed by atoms with Crippen molar-refractivity contribution < 1.29 is 13.9 Å². The number of hydrazine groups is 1. The number of hydrogen-bond acceptors (Lipinski definition) is 6. The van der Waals surface area contributed by atoms with Gasteiger partial charge in [-0.05, 0) is 54.6 Å². The fraction of sp³-hybridized carbons (Fsp3) is 0. The number of pyridine rings is 1. The molecule has 3 aromatic rings. The van der Waals surface area contributed by atoms with E-state index in [0.29, 0.717) is 28.3 Å². The zero-order valence-electron chi connectivity index (χ0n) is 14.6. The molecule has 1 amide bonds. The Morgan fingerprint density at radius 2 is 1.82 bits per heavy atom. The number of carbonyl (C=O) groups excluding carboxylic acids is 1. The number of amides is 1. The predicted molar refractivity (Wildman–Crippen MR) is 103 cm³/mol. The van der Waals surface area contributed by atoms with Gasteiger partial charge in [-0.1, -0.05) is 6.07 Å². The molecule has 142 valence electrons. The predicted octanol–water partition coefficient (Wildman–Crippen LogP) is 1.86. The summed E-state index contributed by atoms with van der Waals surface area (Å²) in [5.74, 6) is 5.06. The molecule has 0 bridgehead atoms. The highest BCUT2D eigenvalue weighted by atomic mass is 19.1. The summed E-state index contributed by atoms with van der Waals surface area (Å²) in [4.78, 5) is 15.6. The second-order valence-electron chi connectivity index (χ2n) is 5.67. The zero-order chi connectivity index (χ0) is 20.1. The van der Waals surface area contributed by atoms with Crippen LogP contribution in [0.2, 0.25) is 0 Å². The van der Waals surface area contributed by atoms with Crippen molar-refractivity contribution in [1.82, 2.24) is 10.5 Å². The second-order valence-corrected chi connectivity index (χ2v) is 5.67. The Morgan fingerprint density at radius 3 is 2.50 bits per heavy atom. The number of carbonyl (C=O) groups is 1. The van der Waals surface area contributed by atoms with Crippen LogP contribution in [0.4, 0.5) is 4.39 Å². The Hall–Kier alpha value is -3.98. The number of rotatable bonds is 6. The maximum Gasteiger partial charge on any atom is 0.267 e. The Morgan fingerprint density at radius 1 is 1.07 bits per heavy atom. The highest BCUT2D eigenvalue weighted by molar-refractivity contribution is 6.01. The van der Waals surface area contributed by atoms with E-state index in [1.54, 1.807) is 30.3 Å². The molecular formula is C19H17FN6O2. The first-order chi connectivity index (χ1) is 13.5. The van der Waals surface area contributed by atoms with E-state index >= 15 is 0 Å². The van der Waals surface area contributed by atoms with Crippen LogP contribution in [0.3, 0.4) is 0 Å². The molecule has 1 aromatic heterocycles. The number of primary amides is 1. The van der Waals surface area contributed by atoms with Crippen LogP contribution in [0.25, 0.3) is 11.3 Å². The first-order valence-corrected chi connectivity index (χ1v) is 8.12. The number of amidine groups is 1. The van der Waals surface area contributed by atoms with Gasteiger partial charge in [-0.15, -0.1) is 5.10 Å². The van der Waals surface area contributed by atoms with Crippen LogP contribution < -0.4 is 27.6 Å². The minimum absolute atomic E-state index is 0.0625. The lowest BCUT2D eigenvalue weighted by atomic mass is 10.1. The van der Waals surface area contributed by atoms with Crippen LogP contribution in [0, 0.1) is 5.82 Å². The molecule has 0 aliphatic heterocycles. The number of nitrogens with one attached hydrogen (secondary N) is 1. The number of aromatic nitrogens is 1. The van der Waals surface area contributed by atoms with E-state index in [0.717, 1.165) is 0 Å². The van der Waals surface area contributed by atoms with Gasteiger partial charge in [0.25, 0.3) is 5.91 Å². The average molecular weight is 380 g/mol. The first-order valence-electron chi connectivity index (χ1n) is 8.12. The van der Waals surface area contributed by atoms with Crippen LogP contribution in [-0.4, -0.2) is 16.7 Å². The fourth-order valence-electron chi connectivity index (χ4n) is 2.47. The van der Waals surface area contributed by atoms with Crippen molar-refractivity contribution in [3.63, 3.8) is 0 Å². The SMILES string of the molecule is NN/N=C(\N)c1cc(-c2cccc(C(N)=O)n2)ccc1Oc1ccc(F)cc1. The lowest BCUT2D eigenvalue weighted by Gasteiger charge is -2.13. The molecular weight excluding hydrogens is 363 g/mol. The topological polar surface area (TPSA) is 142 Å². The van der Waals surface area contributed by atoms with Gasteiger partial charge in [-0.25, -0.2) is 20.8 Å². The highest BCUT2D eigenvalue weighted by Gasteiger charge is 2.13. The third-order valence-electron chi connectivity index (χ3n) is 3.78. The molecule has 3 rings (SSSR count). The molecule has 0 atom stereocenters. The van der Waals surface area contributed by atoms with Crippen molar-refractivity contribution in [3.05, 3.63) is 77.7 Å². The van der Waals surface area contributed by atoms with Gasteiger partial charge < -0.3 is 16.2 Å². The van der Waals surface area contributed by atoms with Crippen molar-refractivity contribution in [2.24, 2.45) is 22.4 Å². The smallest absolute Gasteiger partial charge is 0.267 e. The van der Waals surface area contributed by atoms with Crippen LogP contribution in [-0.2, 0) is 0 Å². The van der Waals surface area contributed by atoms with E-state index in [1.807, 2.05) is 0 Å². The molecule has 0 radical (unpaired) electrons. The van der Waals surface area contributed by atoms with Crippen molar-refractivity contribution in [3.8, 4) is 22.8 Å². The van der Waals surface area contributed by atoms with Gasteiger partial charge in [0.2, 0.25) is 0 Å². The minimum atomic E-state index is -0.633. The van der Waals surface area contributed by atoms with Crippen molar-refractivity contribution in [1.29, 1.82) is 0 Å². The first kappa shape index (κ1) is 18.8. The van der Waals surface area contributed by atoms with Crippen molar-refractivity contribution in [2.45, 2.75) is 0 Å². The Bertz CT molecular complexity index is 1040. The number of nitrogens with two attached hydrogens (primary N) is 3. The molecule has 0 saturated heterocycles. The maximum absolute atomic E-state index is 13.1. The molecule has 0 unspecified atom stereocenters. The van der Waals surface area contributed by atoms with Crippen LogP contribution in [0.1, 0.15) is 16.1 Å². The molecule has 28 heavy (non-hydrogen) atoms. The summed E-state index contributed by atoms with van der Waals surface area (Å²) in [5.41, 5.74) is 15.1. The summed E-state index contributed by atoms with van der Waals surface area (Å²) >= 11 is 0. The summed E-state index contributed by atoms with van der Waals surface area (Å²) in [7, 11) is 0. The van der Waals surface area contributed by atoms with Gasteiger partial charge in [-0.3, -0.25) is 4.79 Å². The summed E-state index contributed by atoms with van der Waals surface area (Å²) in [5, 5.41) is 3.78. The van der Waals surface area contributed by atoms with Gasteiger partial charge in [0, 0.05) is 5.56 Å². The number of nitrogens with zero attached hydrogens (tertiary/aromatic N) is 2. The van der Waals surface area contributed by atoms with Gasteiger partial charge in [0.1, 0.15) is 23.0 Å². The van der Waals surface area contributed by atoms with E-state index in [9.17, 15) is 9.18 Å². The van der Waals surface area contributed by atoms with E-state index < -0.39 is 5.91 Å². The normalized spacial score (nSPS) is 11.1. The third kappa shape index (κ3) is 4.22. The quantitative estimate of drug-likeness (QED) is 0.223. The van der Waals surface area contributed by atoms with Gasteiger partial charge in [-0.2, -0.15) is 0 Å². The molecule has 9 heteroatoms. The van der Waals surface area contributed by atoms with Crippen molar-refractivity contribution in [2.75, 3.05) is 0 Å². The Labute approximate surface area is 159 Å². The molecule has 2 aromatic carbocycles. The van der Waals surface area contributed by atoms with E-state index in [1.165, 1.54) is 30.3 Å². The lowest BCUT2D eigenvalue weighted by molar-refractivity contribution is 0.0995. The number of benzene rings is 2. The minimum Gasteiger partial charge on any atom is -0.457 e. The molecule has 8 nitrogen and oxygen atoms in total. The Kier molecular flexibility index (Phi) is 5.47. The summed E-state index contributed by atoms with van der Waals surface area (Å²) in [6.45, 7) is 0. The summed E-state index contributed by atoms with van der Waals surface area (Å²) in [6.07, 6.45) is 0. The largest absolute Gasteiger partial charge is 0.457 e. The molecule has 0 saturated carbocycles. The standard InChI is InChI=1S/C19H17FN6O2/c20-12-5-7-13(8-6-12)28-17-9-4-11(10-14(17)18(21)25-26-23)15-2-1-3-16(24-15)19(22)27/h1-10,26H,23H2,(H2,21,25)(H2,22,27). The molecule has 0 spiro atoms. The van der Waals surface area contributed by atoms with E-state index in [2.05, 4.69) is 15.6 Å². The third-order valence-corrected chi connectivity index (χ3v) is 3.78. The average Bonchev–Trinajstić information content (AvgIpc) is 2.70. The second kappa shape index (κ2) is 8.14. The molecule has 0 fully saturated rings. The Balaban J connectivity index is 2.04. The molecule has 0 aliphatic carbocycles. The lowest BCUT2D eigenvalue weighted by Crippen LogP contribution is -2.23. The molecule has 1 heterocycles.